The van der Waals surface area contributed by atoms with Gasteiger partial charge in [0.25, 0.3) is 0 Å². The van der Waals surface area contributed by atoms with Gasteiger partial charge < -0.3 is 10.2 Å². The Balaban J connectivity index is 1.50. The van der Waals surface area contributed by atoms with Gasteiger partial charge in [-0.1, -0.05) is 42.0 Å². The summed E-state index contributed by atoms with van der Waals surface area (Å²) in [5, 5.41) is 3.73. The first-order chi connectivity index (χ1) is 10.4. The topological polar surface area (TPSA) is 15.3 Å². The first kappa shape index (κ1) is 14.8. The van der Waals surface area contributed by atoms with E-state index in [1.807, 2.05) is 0 Å². The quantitative estimate of drug-likeness (QED) is 0.834. The lowest BCUT2D eigenvalue weighted by Gasteiger charge is -2.24. The summed E-state index contributed by atoms with van der Waals surface area (Å²) in [6, 6.07) is 11.5. The molecule has 114 valence electrons. The number of hydrogen-bond donors (Lipinski definition) is 1. The minimum Gasteiger partial charge on any atom is -0.312 e. The zero-order valence-corrected chi connectivity index (χ0v) is 13.1. The standard InChI is InChI=1S/C19H28N2/c1-2-9-18(10-3-1)15-19-16-21(13-6-12-20-19)14-11-17-7-4-5-8-17/h1-3,7,9-10,19-20H,4-6,8,11-16H2. The van der Waals surface area contributed by atoms with Gasteiger partial charge in [-0.2, -0.15) is 0 Å². The van der Waals surface area contributed by atoms with Crippen molar-refractivity contribution >= 4 is 0 Å². The Morgan fingerprint density at radius 3 is 2.86 bits per heavy atom. The van der Waals surface area contributed by atoms with Gasteiger partial charge in [-0.25, -0.2) is 0 Å². The molecule has 1 fully saturated rings. The van der Waals surface area contributed by atoms with E-state index in [0.717, 1.165) is 13.0 Å². The van der Waals surface area contributed by atoms with Crippen molar-refractivity contribution in [1.82, 2.24) is 10.2 Å². The Labute approximate surface area is 129 Å². The molecule has 1 N–H and O–H groups in total. The first-order valence-corrected chi connectivity index (χ1v) is 8.58. The van der Waals surface area contributed by atoms with Crippen LogP contribution in [0.1, 0.15) is 37.7 Å². The highest BCUT2D eigenvalue weighted by molar-refractivity contribution is 5.16. The van der Waals surface area contributed by atoms with Gasteiger partial charge in [0.2, 0.25) is 0 Å². The second-order valence-electron chi connectivity index (χ2n) is 6.50. The molecule has 0 amide bonds. The van der Waals surface area contributed by atoms with Gasteiger partial charge in [0.1, 0.15) is 0 Å². The van der Waals surface area contributed by atoms with Crippen LogP contribution in [-0.4, -0.2) is 37.1 Å². The summed E-state index contributed by atoms with van der Waals surface area (Å²) in [6.07, 6.45) is 10.2. The van der Waals surface area contributed by atoms with Gasteiger partial charge in [-0.3, -0.25) is 0 Å². The second-order valence-corrected chi connectivity index (χ2v) is 6.50. The normalized spacial score (nSPS) is 23.8. The molecule has 1 unspecified atom stereocenters. The summed E-state index contributed by atoms with van der Waals surface area (Å²) in [5.41, 5.74) is 3.15. The van der Waals surface area contributed by atoms with Crippen molar-refractivity contribution in [2.24, 2.45) is 0 Å². The average molecular weight is 284 g/mol. The molecule has 0 radical (unpaired) electrons. The van der Waals surface area contributed by atoms with E-state index in [1.165, 1.54) is 57.3 Å². The molecule has 0 aromatic heterocycles. The average Bonchev–Trinajstić information content (AvgIpc) is 2.93. The Morgan fingerprint density at radius 1 is 1.14 bits per heavy atom. The molecule has 3 rings (SSSR count). The third kappa shape index (κ3) is 4.69. The molecule has 1 atom stereocenters. The lowest BCUT2D eigenvalue weighted by molar-refractivity contribution is 0.269. The summed E-state index contributed by atoms with van der Waals surface area (Å²) in [6.45, 7) is 4.86. The second kappa shape index (κ2) is 7.77. The fourth-order valence-electron chi connectivity index (χ4n) is 3.58. The maximum Gasteiger partial charge on any atom is 0.0235 e. The summed E-state index contributed by atoms with van der Waals surface area (Å²) >= 11 is 0. The molecule has 2 nitrogen and oxygen atoms in total. The lowest BCUT2D eigenvalue weighted by Crippen LogP contribution is -2.39. The lowest BCUT2D eigenvalue weighted by atomic mass is 10.1. The van der Waals surface area contributed by atoms with Crippen molar-refractivity contribution in [3.63, 3.8) is 0 Å². The third-order valence-electron chi connectivity index (χ3n) is 4.77. The zero-order chi connectivity index (χ0) is 14.3. The van der Waals surface area contributed by atoms with E-state index in [2.05, 4.69) is 46.6 Å². The zero-order valence-electron chi connectivity index (χ0n) is 13.1. The molecule has 0 bridgehead atoms. The minimum atomic E-state index is 0.604. The largest absolute Gasteiger partial charge is 0.312 e. The van der Waals surface area contributed by atoms with Gasteiger partial charge in [0, 0.05) is 19.1 Å². The number of rotatable bonds is 5. The van der Waals surface area contributed by atoms with Crippen LogP contribution in [0.25, 0.3) is 0 Å². The van der Waals surface area contributed by atoms with Crippen LogP contribution < -0.4 is 5.32 Å². The van der Waals surface area contributed by atoms with Crippen LogP contribution in [0.15, 0.2) is 42.0 Å². The number of nitrogens with one attached hydrogen (secondary N) is 1. The van der Waals surface area contributed by atoms with Gasteiger partial charge in [-0.15, -0.1) is 0 Å². The summed E-state index contributed by atoms with van der Waals surface area (Å²) in [5.74, 6) is 0. The van der Waals surface area contributed by atoms with Crippen molar-refractivity contribution in [3.8, 4) is 0 Å². The molecular formula is C19H28N2. The molecule has 2 heteroatoms. The Morgan fingerprint density at radius 2 is 2.05 bits per heavy atom. The number of benzene rings is 1. The van der Waals surface area contributed by atoms with Gasteiger partial charge >= 0.3 is 0 Å². The molecule has 0 spiro atoms. The van der Waals surface area contributed by atoms with Crippen molar-refractivity contribution in [3.05, 3.63) is 47.5 Å². The van der Waals surface area contributed by atoms with Crippen molar-refractivity contribution < 1.29 is 0 Å². The number of hydrogen-bond acceptors (Lipinski definition) is 2. The molecule has 0 saturated carbocycles. The highest BCUT2D eigenvalue weighted by Crippen LogP contribution is 2.21. The highest BCUT2D eigenvalue weighted by atomic mass is 15.2. The predicted molar refractivity (Wildman–Crippen MR) is 89.5 cm³/mol. The van der Waals surface area contributed by atoms with Crippen LogP contribution >= 0.6 is 0 Å². The number of nitrogens with zero attached hydrogens (tertiary/aromatic N) is 1. The molecule has 1 heterocycles. The van der Waals surface area contributed by atoms with Gasteiger partial charge in [-0.05, 0) is 57.2 Å². The van der Waals surface area contributed by atoms with E-state index in [1.54, 1.807) is 5.57 Å². The van der Waals surface area contributed by atoms with E-state index in [0.29, 0.717) is 6.04 Å². The fraction of sp³-hybridized carbons (Fsp3) is 0.579. The molecule has 1 saturated heterocycles. The maximum atomic E-state index is 3.73. The van der Waals surface area contributed by atoms with Crippen LogP contribution in [0.2, 0.25) is 0 Å². The Kier molecular flexibility index (Phi) is 5.47. The molecule has 2 aliphatic rings. The van der Waals surface area contributed by atoms with Crippen molar-refractivity contribution in [2.75, 3.05) is 26.2 Å². The van der Waals surface area contributed by atoms with E-state index >= 15 is 0 Å². The molecule has 1 aromatic carbocycles. The maximum absolute atomic E-state index is 3.73. The van der Waals surface area contributed by atoms with Crippen LogP contribution in [0.5, 0.6) is 0 Å². The number of allylic oxidation sites excluding steroid dienone is 1. The Hall–Kier alpha value is -1.12. The van der Waals surface area contributed by atoms with Crippen molar-refractivity contribution in [1.29, 1.82) is 0 Å². The third-order valence-corrected chi connectivity index (χ3v) is 4.77. The van der Waals surface area contributed by atoms with Crippen LogP contribution in [0.3, 0.4) is 0 Å². The Bertz CT molecular complexity index is 452. The van der Waals surface area contributed by atoms with Crippen LogP contribution in [0, 0.1) is 0 Å². The van der Waals surface area contributed by atoms with Crippen molar-refractivity contribution in [2.45, 2.75) is 44.6 Å². The van der Waals surface area contributed by atoms with Gasteiger partial charge in [0.05, 0.1) is 0 Å². The predicted octanol–water partition coefficient (Wildman–Crippen LogP) is 3.39. The monoisotopic (exact) mass is 284 g/mol. The first-order valence-electron chi connectivity index (χ1n) is 8.58. The molecular weight excluding hydrogens is 256 g/mol. The SMILES string of the molecule is C1=C(CCN2CCCNC(Cc3ccccc3)C2)CCC1. The van der Waals surface area contributed by atoms with E-state index < -0.39 is 0 Å². The molecule has 1 aromatic rings. The molecule has 21 heavy (non-hydrogen) atoms. The fourth-order valence-corrected chi connectivity index (χ4v) is 3.58. The summed E-state index contributed by atoms with van der Waals surface area (Å²) in [4.78, 5) is 2.67. The van der Waals surface area contributed by atoms with Crippen LogP contribution in [0.4, 0.5) is 0 Å². The van der Waals surface area contributed by atoms with Gasteiger partial charge in [0.15, 0.2) is 0 Å². The smallest absolute Gasteiger partial charge is 0.0235 e. The minimum absolute atomic E-state index is 0.604. The van der Waals surface area contributed by atoms with Crippen LogP contribution in [-0.2, 0) is 6.42 Å². The summed E-state index contributed by atoms with van der Waals surface area (Å²) < 4.78 is 0. The molecule has 1 aliphatic heterocycles. The summed E-state index contributed by atoms with van der Waals surface area (Å²) in [7, 11) is 0. The van der Waals surface area contributed by atoms with E-state index in [9.17, 15) is 0 Å². The van der Waals surface area contributed by atoms with E-state index in [4.69, 9.17) is 0 Å². The highest BCUT2D eigenvalue weighted by Gasteiger charge is 2.18. The molecule has 1 aliphatic carbocycles. The van der Waals surface area contributed by atoms with E-state index in [-0.39, 0.29) is 0 Å².